The second kappa shape index (κ2) is 8.95. The molecule has 2 aromatic heterocycles. The Kier molecular flexibility index (Phi) is 5.93. The smallest absolute Gasteiger partial charge is 0.256 e. The van der Waals surface area contributed by atoms with Gasteiger partial charge in [-0.15, -0.1) is 0 Å². The van der Waals surface area contributed by atoms with Crippen molar-refractivity contribution in [2.24, 2.45) is 5.92 Å². The van der Waals surface area contributed by atoms with Crippen LogP contribution >= 0.6 is 0 Å². The molecular formula is C24H25N3O3. The summed E-state index contributed by atoms with van der Waals surface area (Å²) in [7, 11) is 0. The van der Waals surface area contributed by atoms with Crippen LogP contribution in [0.5, 0.6) is 0 Å². The minimum absolute atomic E-state index is 0.0474. The number of aromatic nitrogens is 1. The first-order chi connectivity index (χ1) is 14.6. The number of benzene rings is 1. The van der Waals surface area contributed by atoms with Crippen LogP contribution in [-0.2, 0) is 11.3 Å². The number of carbonyl (C=O) groups excluding carboxylic acids is 2. The summed E-state index contributed by atoms with van der Waals surface area (Å²) < 4.78 is 5.26. The summed E-state index contributed by atoms with van der Waals surface area (Å²) >= 11 is 0. The number of nitrogens with one attached hydrogen (secondary N) is 1. The van der Waals surface area contributed by atoms with Gasteiger partial charge in [-0.3, -0.25) is 14.6 Å². The van der Waals surface area contributed by atoms with Crippen molar-refractivity contribution in [1.29, 1.82) is 0 Å². The zero-order valence-electron chi connectivity index (χ0n) is 17.0. The van der Waals surface area contributed by atoms with Crippen molar-refractivity contribution in [3.63, 3.8) is 0 Å². The third-order valence-corrected chi connectivity index (χ3v) is 5.46. The average Bonchev–Trinajstić information content (AvgIpc) is 3.31. The van der Waals surface area contributed by atoms with Crippen LogP contribution in [-0.4, -0.2) is 34.8 Å². The highest BCUT2D eigenvalue weighted by atomic mass is 16.3. The number of nitrogens with zero attached hydrogens (tertiary/aromatic N) is 2. The molecule has 0 spiro atoms. The van der Waals surface area contributed by atoms with Gasteiger partial charge >= 0.3 is 0 Å². The second-order valence-electron chi connectivity index (χ2n) is 7.65. The van der Waals surface area contributed by atoms with Gasteiger partial charge in [-0.2, -0.15) is 0 Å². The Morgan fingerprint density at radius 1 is 1.17 bits per heavy atom. The number of hydrogen-bond donors (Lipinski definition) is 1. The lowest BCUT2D eigenvalue weighted by Gasteiger charge is -2.32. The summed E-state index contributed by atoms with van der Waals surface area (Å²) in [5.74, 6) is 0.360. The second-order valence-corrected chi connectivity index (χ2v) is 7.65. The first kappa shape index (κ1) is 19.9. The number of carbonyl (C=O) groups is 2. The molecule has 1 N–H and O–H groups in total. The molecule has 1 fully saturated rings. The van der Waals surface area contributed by atoms with Gasteiger partial charge in [0.05, 0.1) is 30.0 Å². The van der Waals surface area contributed by atoms with Gasteiger partial charge in [-0.25, -0.2) is 0 Å². The number of rotatable bonds is 5. The first-order valence-electron chi connectivity index (χ1n) is 10.2. The topological polar surface area (TPSA) is 75.4 Å². The Balaban J connectivity index is 1.47. The highest BCUT2D eigenvalue weighted by Gasteiger charge is 2.30. The standard InChI is InChI=1S/C24H25N3O3/c1-17-8-10-18(11-9-17)22-21(7-2-12-25-22)24(29)27-13-3-5-19(16-27)23(28)26-15-20-6-4-14-30-20/h2,4,6-12,14,19H,3,5,13,15-16H2,1H3,(H,26,28)/t19-/m1/s1. The SMILES string of the molecule is Cc1ccc(-c2ncccc2C(=O)N2CCC[C@@H](C(=O)NCc3ccco3)C2)cc1. The zero-order chi connectivity index (χ0) is 20.9. The summed E-state index contributed by atoms with van der Waals surface area (Å²) in [6.07, 6.45) is 4.85. The molecule has 1 saturated heterocycles. The van der Waals surface area contributed by atoms with Crippen LogP contribution in [0.25, 0.3) is 11.3 Å². The fourth-order valence-corrected chi connectivity index (χ4v) is 3.80. The van der Waals surface area contributed by atoms with Gasteiger partial charge in [-0.05, 0) is 44.0 Å². The van der Waals surface area contributed by atoms with Crippen LogP contribution in [0, 0.1) is 12.8 Å². The van der Waals surface area contributed by atoms with Gasteiger partial charge < -0.3 is 14.6 Å². The molecular weight excluding hydrogens is 378 g/mol. The molecule has 6 heteroatoms. The monoisotopic (exact) mass is 403 g/mol. The summed E-state index contributed by atoms with van der Waals surface area (Å²) in [5.41, 5.74) is 3.31. The third-order valence-electron chi connectivity index (χ3n) is 5.46. The molecule has 2 amide bonds. The van der Waals surface area contributed by atoms with E-state index in [4.69, 9.17) is 4.42 Å². The summed E-state index contributed by atoms with van der Waals surface area (Å²) in [5, 5.41) is 2.91. The van der Waals surface area contributed by atoms with Crippen molar-refractivity contribution in [2.45, 2.75) is 26.3 Å². The van der Waals surface area contributed by atoms with Crippen molar-refractivity contribution in [1.82, 2.24) is 15.2 Å². The highest BCUT2D eigenvalue weighted by molar-refractivity contribution is 6.00. The molecule has 0 unspecified atom stereocenters. The molecule has 1 atom stereocenters. The van der Waals surface area contributed by atoms with E-state index >= 15 is 0 Å². The van der Waals surface area contributed by atoms with E-state index in [9.17, 15) is 9.59 Å². The molecule has 30 heavy (non-hydrogen) atoms. The summed E-state index contributed by atoms with van der Waals surface area (Å²) in [6.45, 7) is 3.43. The Hall–Kier alpha value is -3.41. The minimum atomic E-state index is -0.225. The van der Waals surface area contributed by atoms with Crippen LogP contribution < -0.4 is 5.32 Å². The Morgan fingerprint density at radius 3 is 2.77 bits per heavy atom. The van der Waals surface area contributed by atoms with Gasteiger partial charge in [0, 0.05) is 24.8 Å². The number of likely N-dealkylation sites (tertiary alicyclic amines) is 1. The average molecular weight is 403 g/mol. The molecule has 154 valence electrons. The fraction of sp³-hybridized carbons (Fsp3) is 0.292. The molecule has 4 rings (SSSR count). The highest BCUT2D eigenvalue weighted by Crippen LogP contribution is 2.25. The maximum Gasteiger partial charge on any atom is 0.256 e. The van der Waals surface area contributed by atoms with E-state index in [0.717, 1.165) is 24.0 Å². The Morgan fingerprint density at radius 2 is 2.00 bits per heavy atom. The number of aryl methyl sites for hydroxylation is 1. The molecule has 0 bridgehead atoms. The number of amides is 2. The summed E-state index contributed by atoms with van der Waals surface area (Å²) in [4.78, 5) is 32.2. The van der Waals surface area contributed by atoms with Gasteiger partial charge in [0.15, 0.2) is 0 Å². The zero-order valence-corrected chi connectivity index (χ0v) is 17.0. The lowest BCUT2D eigenvalue weighted by atomic mass is 9.95. The lowest BCUT2D eigenvalue weighted by Crippen LogP contribution is -2.45. The van der Waals surface area contributed by atoms with Crippen molar-refractivity contribution >= 4 is 11.8 Å². The van der Waals surface area contributed by atoms with Gasteiger partial charge in [0.25, 0.3) is 5.91 Å². The molecule has 3 heterocycles. The molecule has 3 aromatic rings. The van der Waals surface area contributed by atoms with E-state index in [1.165, 1.54) is 0 Å². The maximum atomic E-state index is 13.3. The van der Waals surface area contributed by atoms with Crippen LogP contribution in [0.3, 0.4) is 0 Å². The van der Waals surface area contributed by atoms with E-state index in [-0.39, 0.29) is 17.7 Å². The molecule has 1 aliphatic heterocycles. The van der Waals surface area contributed by atoms with Crippen LogP contribution in [0.4, 0.5) is 0 Å². The molecule has 0 saturated carbocycles. The molecule has 1 aliphatic rings. The van der Waals surface area contributed by atoms with E-state index < -0.39 is 0 Å². The van der Waals surface area contributed by atoms with Crippen molar-refractivity contribution in [3.05, 3.63) is 77.9 Å². The quantitative estimate of drug-likeness (QED) is 0.703. The van der Waals surface area contributed by atoms with E-state index in [0.29, 0.717) is 36.7 Å². The molecule has 0 radical (unpaired) electrons. The minimum Gasteiger partial charge on any atom is -0.467 e. The predicted octanol–water partition coefficient (Wildman–Crippen LogP) is 3.82. The number of furan rings is 1. The fourth-order valence-electron chi connectivity index (χ4n) is 3.80. The van der Waals surface area contributed by atoms with E-state index in [1.54, 1.807) is 29.5 Å². The third kappa shape index (κ3) is 4.43. The van der Waals surface area contributed by atoms with Gasteiger partial charge in [0.2, 0.25) is 5.91 Å². The van der Waals surface area contributed by atoms with E-state index in [1.807, 2.05) is 43.3 Å². The molecule has 6 nitrogen and oxygen atoms in total. The number of piperidine rings is 1. The maximum absolute atomic E-state index is 13.3. The number of pyridine rings is 1. The molecule has 1 aromatic carbocycles. The van der Waals surface area contributed by atoms with Crippen LogP contribution in [0.2, 0.25) is 0 Å². The van der Waals surface area contributed by atoms with Gasteiger partial charge in [0.1, 0.15) is 5.76 Å². The largest absolute Gasteiger partial charge is 0.467 e. The van der Waals surface area contributed by atoms with Crippen molar-refractivity contribution in [3.8, 4) is 11.3 Å². The Labute approximate surface area is 175 Å². The van der Waals surface area contributed by atoms with Gasteiger partial charge in [-0.1, -0.05) is 29.8 Å². The summed E-state index contributed by atoms with van der Waals surface area (Å²) in [6, 6.07) is 15.2. The van der Waals surface area contributed by atoms with Crippen molar-refractivity contribution < 1.29 is 14.0 Å². The van der Waals surface area contributed by atoms with E-state index in [2.05, 4.69) is 10.3 Å². The predicted molar refractivity (Wildman–Crippen MR) is 114 cm³/mol. The van der Waals surface area contributed by atoms with Crippen LogP contribution in [0.1, 0.15) is 34.5 Å². The lowest BCUT2D eigenvalue weighted by molar-refractivity contribution is -0.126. The first-order valence-corrected chi connectivity index (χ1v) is 10.2. The van der Waals surface area contributed by atoms with Crippen molar-refractivity contribution in [2.75, 3.05) is 13.1 Å². The van der Waals surface area contributed by atoms with Crippen LogP contribution in [0.15, 0.2) is 65.4 Å². The molecule has 0 aliphatic carbocycles. The normalized spacial score (nSPS) is 16.3. The number of hydrogen-bond acceptors (Lipinski definition) is 4. The Bertz CT molecular complexity index is 1010.